The minimum atomic E-state index is -1.07. The molecule has 1 spiro atoms. The van der Waals surface area contributed by atoms with Crippen molar-refractivity contribution in [2.75, 3.05) is 19.7 Å². The number of benzene rings is 1. The van der Waals surface area contributed by atoms with Crippen LogP contribution in [0.2, 0.25) is 0 Å². The van der Waals surface area contributed by atoms with Crippen molar-refractivity contribution >= 4 is 52.3 Å². The number of allylic oxidation sites excluding steroid dienone is 6. The Labute approximate surface area is 232 Å². The Morgan fingerprint density at radius 3 is 2.85 bits per heavy atom. The van der Waals surface area contributed by atoms with Crippen LogP contribution in [0.15, 0.2) is 74.8 Å². The number of hydrogen-bond donors (Lipinski definition) is 1. The van der Waals surface area contributed by atoms with Crippen LogP contribution in [0.5, 0.6) is 0 Å². The van der Waals surface area contributed by atoms with E-state index in [1.165, 1.54) is 18.6 Å². The Morgan fingerprint density at radius 2 is 2.05 bits per heavy atom. The second kappa shape index (κ2) is 8.92. The fourth-order valence-electron chi connectivity index (χ4n) is 6.49. The van der Waals surface area contributed by atoms with Crippen molar-refractivity contribution in [3.8, 4) is 0 Å². The third-order valence-corrected chi connectivity index (χ3v) is 8.73. The molecule has 2 fully saturated rings. The summed E-state index contributed by atoms with van der Waals surface area (Å²) in [6.07, 6.45) is 7.02. The summed E-state index contributed by atoms with van der Waals surface area (Å²) in [6.45, 7) is -0.422. The lowest BCUT2D eigenvalue weighted by Gasteiger charge is -2.41. The number of nitrogens with zero attached hydrogens (tertiary/aromatic N) is 3. The predicted octanol–water partition coefficient (Wildman–Crippen LogP) is 3.54. The van der Waals surface area contributed by atoms with Gasteiger partial charge in [-0.2, -0.15) is 0 Å². The third-order valence-electron chi connectivity index (χ3n) is 8.44. The summed E-state index contributed by atoms with van der Waals surface area (Å²) in [6, 6.07) is 4.60. The highest BCUT2D eigenvalue weighted by Crippen LogP contribution is 2.62. The lowest BCUT2D eigenvalue weighted by molar-refractivity contribution is -0.147. The molecule has 1 aromatic carbocycles. The maximum absolute atomic E-state index is 15.2. The third kappa shape index (κ3) is 3.81. The van der Waals surface area contributed by atoms with Gasteiger partial charge in [0.05, 0.1) is 35.0 Å². The molecule has 9 nitrogen and oxygen atoms in total. The van der Waals surface area contributed by atoms with Gasteiger partial charge in [0.25, 0.3) is 0 Å². The second-order valence-electron chi connectivity index (χ2n) is 10.8. The maximum atomic E-state index is 15.2. The molecule has 2 aliphatic carbocycles. The van der Waals surface area contributed by atoms with Gasteiger partial charge in [0.1, 0.15) is 11.7 Å². The van der Waals surface area contributed by atoms with Crippen molar-refractivity contribution < 1.29 is 28.3 Å². The summed E-state index contributed by atoms with van der Waals surface area (Å²) < 4.78 is 20.7. The van der Waals surface area contributed by atoms with Gasteiger partial charge < -0.3 is 14.6 Å². The number of imidazole rings is 1. The van der Waals surface area contributed by atoms with E-state index in [9.17, 15) is 19.2 Å². The van der Waals surface area contributed by atoms with E-state index in [1.54, 1.807) is 23.1 Å². The lowest BCUT2D eigenvalue weighted by atomic mass is 9.74. The number of esters is 1. The molecule has 11 heteroatoms. The summed E-state index contributed by atoms with van der Waals surface area (Å²) in [5.41, 5.74) is 2.69. The minimum Gasteiger partial charge on any atom is -0.457 e. The molecule has 1 saturated carbocycles. The van der Waals surface area contributed by atoms with Crippen LogP contribution in [0.4, 0.5) is 4.39 Å². The molecule has 2 unspecified atom stereocenters. The number of amides is 1. The minimum absolute atomic E-state index is 0.00149. The summed E-state index contributed by atoms with van der Waals surface area (Å²) in [4.78, 5) is 65.4. The molecule has 1 aromatic heterocycles. The number of nitrogens with one attached hydrogen (secondary N) is 1. The molecular weight excluding hydrogens is 539 g/mol. The number of halogens is 2. The van der Waals surface area contributed by atoms with Crippen LogP contribution in [0.25, 0.3) is 11.0 Å². The molecule has 1 N–H and O–H groups in total. The first-order valence-electron chi connectivity index (χ1n) is 12.9. The van der Waals surface area contributed by atoms with Crippen molar-refractivity contribution in [2.24, 2.45) is 16.3 Å². The standard InChI is InChI=1S/C29H22ClFN4O5/c30-19-10-32-9-17-25(16-6-15(36)7-20(31)26(16)19)18(11-35-24(38)8-29(3-4-29)27(17)35)28(39)40-12-23(37)14-1-2-21-22(5-14)34-13-33-21/h1-2,5-7,10,13,18,27H,3-4,8-9,11-12H2,(H,33,34)/b26-19-,32-10?. The lowest BCUT2D eigenvalue weighted by Crippen LogP contribution is -2.49. The van der Waals surface area contributed by atoms with Crippen LogP contribution in [0.1, 0.15) is 29.6 Å². The molecule has 2 aromatic rings. The number of carbonyl (C=O) groups is 4. The molecule has 0 bridgehead atoms. The monoisotopic (exact) mass is 560 g/mol. The van der Waals surface area contributed by atoms with Crippen LogP contribution in [-0.4, -0.2) is 70.3 Å². The van der Waals surface area contributed by atoms with Crippen LogP contribution >= 0.6 is 11.6 Å². The summed E-state index contributed by atoms with van der Waals surface area (Å²) in [5, 5.41) is 0.00149. The van der Waals surface area contributed by atoms with Gasteiger partial charge in [-0.1, -0.05) is 11.6 Å². The average molecular weight is 561 g/mol. The Kier molecular flexibility index (Phi) is 5.54. The maximum Gasteiger partial charge on any atom is 0.315 e. The smallest absolute Gasteiger partial charge is 0.315 e. The van der Waals surface area contributed by atoms with Gasteiger partial charge in [0.2, 0.25) is 5.91 Å². The van der Waals surface area contributed by atoms with Crippen LogP contribution in [0, 0.1) is 11.3 Å². The molecule has 7 rings (SSSR count). The highest BCUT2D eigenvalue weighted by molar-refractivity contribution is 6.40. The number of ether oxygens (including phenoxy) is 1. The quantitative estimate of drug-likeness (QED) is 0.451. The molecule has 4 heterocycles. The SMILES string of the molecule is O=C1C=C(F)/C2=C(\Cl)C=NCC3=C(C2=C1)C(C(=O)OCC(=O)c1ccc2nc[nH]c2c1)CN1C(=O)CC2(CC2)C31. The summed E-state index contributed by atoms with van der Waals surface area (Å²) in [5.74, 6) is -3.72. The highest BCUT2D eigenvalue weighted by Gasteiger charge is 2.62. The van der Waals surface area contributed by atoms with E-state index < -0.39 is 35.9 Å². The number of aliphatic imine (C=N–C) groups is 1. The average Bonchev–Trinajstić information content (AvgIpc) is 3.42. The van der Waals surface area contributed by atoms with Gasteiger partial charge in [0, 0.05) is 41.8 Å². The largest absolute Gasteiger partial charge is 0.457 e. The first-order valence-corrected chi connectivity index (χ1v) is 13.3. The van der Waals surface area contributed by atoms with E-state index in [4.69, 9.17) is 16.3 Å². The Balaban J connectivity index is 1.27. The van der Waals surface area contributed by atoms with Crippen LogP contribution < -0.4 is 0 Å². The van der Waals surface area contributed by atoms with Crippen molar-refractivity contribution in [1.82, 2.24) is 14.9 Å². The number of aromatic amines is 1. The van der Waals surface area contributed by atoms with Gasteiger partial charge in [-0.3, -0.25) is 24.2 Å². The van der Waals surface area contributed by atoms with E-state index in [2.05, 4.69) is 15.0 Å². The Hall–Kier alpha value is -4.18. The van der Waals surface area contributed by atoms with Crippen molar-refractivity contribution in [3.63, 3.8) is 0 Å². The molecule has 5 aliphatic rings. The number of Topliss-reactive ketones (excluding diaryl/α,β-unsaturated/α-hetero) is 1. The normalized spacial score (nSPS) is 26.6. The van der Waals surface area contributed by atoms with Crippen molar-refractivity contribution in [3.05, 3.63) is 75.4 Å². The number of hydrogen-bond acceptors (Lipinski definition) is 7. The van der Waals surface area contributed by atoms with Gasteiger partial charge >= 0.3 is 5.97 Å². The number of H-pyrrole nitrogens is 1. The first kappa shape index (κ1) is 24.8. The molecule has 40 heavy (non-hydrogen) atoms. The summed E-state index contributed by atoms with van der Waals surface area (Å²) >= 11 is 6.42. The number of ketones is 2. The Morgan fingerprint density at radius 1 is 1.23 bits per heavy atom. The van der Waals surface area contributed by atoms with E-state index in [0.29, 0.717) is 34.2 Å². The van der Waals surface area contributed by atoms with Gasteiger partial charge in [-0.05, 0) is 53.8 Å². The molecule has 1 saturated heterocycles. The zero-order valence-electron chi connectivity index (χ0n) is 21.1. The molecule has 2 atom stereocenters. The zero-order chi connectivity index (χ0) is 27.8. The van der Waals surface area contributed by atoms with Crippen LogP contribution in [-0.2, 0) is 19.1 Å². The van der Waals surface area contributed by atoms with E-state index in [-0.39, 0.29) is 46.6 Å². The van der Waals surface area contributed by atoms with E-state index in [0.717, 1.165) is 18.9 Å². The number of aromatic nitrogens is 2. The predicted molar refractivity (Wildman–Crippen MR) is 142 cm³/mol. The highest BCUT2D eigenvalue weighted by atomic mass is 35.5. The molecule has 1 amide bonds. The van der Waals surface area contributed by atoms with Gasteiger partial charge in [-0.15, -0.1) is 0 Å². The number of rotatable bonds is 4. The summed E-state index contributed by atoms with van der Waals surface area (Å²) in [7, 11) is 0. The molecule has 202 valence electrons. The van der Waals surface area contributed by atoms with Gasteiger partial charge in [0.15, 0.2) is 18.2 Å². The van der Waals surface area contributed by atoms with Gasteiger partial charge in [-0.25, -0.2) is 9.37 Å². The van der Waals surface area contributed by atoms with Crippen molar-refractivity contribution in [2.45, 2.75) is 25.3 Å². The first-order chi connectivity index (χ1) is 19.3. The topological polar surface area (TPSA) is 122 Å². The zero-order valence-corrected chi connectivity index (χ0v) is 21.8. The number of carbonyl (C=O) groups excluding carboxylic acids is 4. The Bertz CT molecular complexity index is 1710. The number of fused-ring (bicyclic) bond motifs is 6. The van der Waals surface area contributed by atoms with Crippen molar-refractivity contribution in [1.29, 1.82) is 0 Å². The second-order valence-corrected chi connectivity index (χ2v) is 11.2. The van der Waals surface area contributed by atoms with Crippen LogP contribution in [0.3, 0.4) is 0 Å². The van der Waals surface area contributed by atoms with E-state index >= 15 is 4.39 Å². The molecule has 0 radical (unpaired) electrons. The fraction of sp³-hybridized carbons (Fsp3) is 0.310. The molecule has 3 aliphatic heterocycles. The molecular formula is C29H22ClFN4O5. The van der Waals surface area contributed by atoms with E-state index in [1.807, 2.05) is 0 Å². The fourth-order valence-corrected chi connectivity index (χ4v) is 6.75.